The van der Waals surface area contributed by atoms with Crippen molar-refractivity contribution in [1.82, 2.24) is 15.0 Å². The molecule has 94 valence electrons. The molecule has 1 rings (SSSR count). The van der Waals surface area contributed by atoms with Crippen LogP contribution in [0.15, 0.2) is 6.20 Å². The summed E-state index contributed by atoms with van der Waals surface area (Å²) in [5, 5.41) is 15.9. The Balaban J connectivity index is 2.81. The Kier molecular flexibility index (Phi) is 4.19. The maximum absolute atomic E-state index is 11.7. The van der Waals surface area contributed by atoms with E-state index in [-0.39, 0.29) is 11.8 Å². The number of carboxylic acid groups (broad SMARTS) is 1. The fourth-order valence-electron chi connectivity index (χ4n) is 1.16. The standard InChI is InChI=1S/C10H15N3O4/c1-4-6(2)17-10(16)7(3)13-8(9(14)15)5-11-12-13/h5-7H,4H2,1-3H3,(H,14,15). The van der Waals surface area contributed by atoms with Crippen LogP contribution in [0.3, 0.4) is 0 Å². The number of nitrogens with zero attached hydrogens (tertiary/aromatic N) is 3. The van der Waals surface area contributed by atoms with Crippen molar-refractivity contribution in [2.75, 3.05) is 0 Å². The number of aromatic nitrogens is 3. The van der Waals surface area contributed by atoms with Crippen molar-refractivity contribution in [2.24, 2.45) is 0 Å². The number of carboxylic acids is 1. The third kappa shape index (κ3) is 3.02. The van der Waals surface area contributed by atoms with Crippen LogP contribution in [0.1, 0.15) is 43.7 Å². The van der Waals surface area contributed by atoms with Crippen LogP contribution < -0.4 is 0 Å². The molecule has 7 nitrogen and oxygen atoms in total. The Morgan fingerprint density at radius 3 is 2.71 bits per heavy atom. The van der Waals surface area contributed by atoms with Crippen LogP contribution in [-0.4, -0.2) is 38.1 Å². The molecule has 17 heavy (non-hydrogen) atoms. The zero-order chi connectivity index (χ0) is 13.0. The molecule has 0 aliphatic heterocycles. The van der Waals surface area contributed by atoms with E-state index < -0.39 is 18.0 Å². The average Bonchev–Trinajstić information content (AvgIpc) is 2.76. The molecule has 1 N–H and O–H groups in total. The molecule has 0 saturated carbocycles. The van der Waals surface area contributed by atoms with Gasteiger partial charge in [0.15, 0.2) is 5.69 Å². The number of carbonyl (C=O) groups is 2. The number of hydrogen-bond donors (Lipinski definition) is 1. The highest BCUT2D eigenvalue weighted by molar-refractivity contribution is 5.86. The van der Waals surface area contributed by atoms with Gasteiger partial charge in [0.05, 0.1) is 12.3 Å². The van der Waals surface area contributed by atoms with Gasteiger partial charge in [-0.05, 0) is 20.3 Å². The normalized spacial score (nSPS) is 14.1. The highest BCUT2D eigenvalue weighted by Gasteiger charge is 2.24. The van der Waals surface area contributed by atoms with Crippen LogP contribution in [0.5, 0.6) is 0 Å². The molecule has 0 aromatic carbocycles. The van der Waals surface area contributed by atoms with Crippen molar-refractivity contribution >= 4 is 11.9 Å². The monoisotopic (exact) mass is 241 g/mol. The van der Waals surface area contributed by atoms with E-state index in [1.807, 2.05) is 6.92 Å². The Bertz CT molecular complexity index is 415. The van der Waals surface area contributed by atoms with Gasteiger partial charge in [0, 0.05) is 0 Å². The topological polar surface area (TPSA) is 94.3 Å². The molecular formula is C10H15N3O4. The highest BCUT2D eigenvalue weighted by atomic mass is 16.5. The van der Waals surface area contributed by atoms with Crippen molar-refractivity contribution < 1.29 is 19.4 Å². The van der Waals surface area contributed by atoms with E-state index in [4.69, 9.17) is 9.84 Å². The molecule has 0 saturated heterocycles. The van der Waals surface area contributed by atoms with Crippen molar-refractivity contribution in [3.8, 4) is 0 Å². The SMILES string of the molecule is CCC(C)OC(=O)C(C)n1nncc1C(=O)O. The summed E-state index contributed by atoms with van der Waals surface area (Å²) in [5.41, 5.74) is -0.140. The molecule has 1 aromatic rings. The third-order valence-electron chi connectivity index (χ3n) is 2.39. The molecule has 2 atom stereocenters. The van der Waals surface area contributed by atoms with Crippen LogP contribution in [0, 0.1) is 0 Å². The Hall–Kier alpha value is -1.92. The maximum atomic E-state index is 11.7. The van der Waals surface area contributed by atoms with Gasteiger partial charge in [-0.25, -0.2) is 14.3 Å². The number of rotatable bonds is 5. The lowest BCUT2D eigenvalue weighted by Gasteiger charge is -2.16. The fourth-order valence-corrected chi connectivity index (χ4v) is 1.16. The molecule has 7 heteroatoms. The second-order valence-corrected chi connectivity index (χ2v) is 3.70. The van der Waals surface area contributed by atoms with E-state index in [1.165, 1.54) is 6.92 Å². The van der Waals surface area contributed by atoms with Crippen molar-refractivity contribution in [3.05, 3.63) is 11.9 Å². The summed E-state index contributed by atoms with van der Waals surface area (Å²) in [6.45, 7) is 5.18. The molecule has 0 spiro atoms. The van der Waals surface area contributed by atoms with Crippen molar-refractivity contribution in [1.29, 1.82) is 0 Å². The first kappa shape index (κ1) is 13.1. The fraction of sp³-hybridized carbons (Fsp3) is 0.600. The van der Waals surface area contributed by atoms with Crippen LogP contribution in [0.4, 0.5) is 0 Å². The molecule has 1 aromatic heterocycles. The van der Waals surface area contributed by atoms with Gasteiger partial charge in [-0.2, -0.15) is 0 Å². The zero-order valence-corrected chi connectivity index (χ0v) is 9.95. The first-order valence-corrected chi connectivity index (χ1v) is 5.31. The van der Waals surface area contributed by atoms with E-state index in [9.17, 15) is 9.59 Å². The molecule has 0 radical (unpaired) electrons. The number of esters is 1. The molecule has 0 amide bonds. The van der Waals surface area contributed by atoms with E-state index in [2.05, 4.69) is 10.3 Å². The number of carbonyl (C=O) groups excluding carboxylic acids is 1. The molecule has 0 aliphatic rings. The van der Waals surface area contributed by atoms with E-state index in [0.29, 0.717) is 6.42 Å². The minimum absolute atomic E-state index is 0.140. The number of aromatic carboxylic acids is 1. The second kappa shape index (κ2) is 5.42. The Morgan fingerprint density at radius 1 is 1.53 bits per heavy atom. The average molecular weight is 241 g/mol. The van der Waals surface area contributed by atoms with Gasteiger partial charge in [0.2, 0.25) is 0 Å². The lowest BCUT2D eigenvalue weighted by molar-refractivity contribution is -0.152. The highest BCUT2D eigenvalue weighted by Crippen LogP contribution is 2.11. The third-order valence-corrected chi connectivity index (χ3v) is 2.39. The van der Waals surface area contributed by atoms with E-state index in [0.717, 1.165) is 10.9 Å². The largest absolute Gasteiger partial charge is 0.476 e. The molecule has 2 unspecified atom stereocenters. The summed E-state index contributed by atoms with van der Waals surface area (Å²) < 4.78 is 6.13. The Morgan fingerprint density at radius 2 is 2.18 bits per heavy atom. The first-order valence-electron chi connectivity index (χ1n) is 5.31. The summed E-state index contributed by atoms with van der Waals surface area (Å²) >= 11 is 0. The molecule has 0 fully saturated rings. The summed E-state index contributed by atoms with van der Waals surface area (Å²) in [5.74, 6) is -1.70. The molecule has 1 heterocycles. The van der Waals surface area contributed by atoms with Gasteiger partial charge >= 0.3 is 11.9 Å². The van der Waals surface area contributed by atoms with Crippen molar-refractivity contribution in [2.45, 2.75) is 39.3 Å². The minimum Gasteiger partial charge on any atom is -0.476 e. The quantitative estimate of drug-likeness (QED) is 0.769. The predicted octanol–water partition coefficient (Wildman–Crippen LogP) is 0.879. The van der Waals surface area contributed by atoms with Gasteiger partial charge in [0.25, 0.3) is 0 Å². The van der Waals surface area contributed by atoms with Gasteiger partial charge in [0.1, 0.15) is 6.04 Å². The lowest BCUT2D eigenvalue weighted by atomic mass is 10.3. The first-order chi connectivity index (χ1) is 7.97. The summed E-state index contributed by atoms with van der Waals surface area (Å²) in [4.78, 5) is 22.5. The lowest BCUT2D eigenvalue weighted by Crippen LogP contribution is -2.26. The Labute approximate surface area is 98.4 Å². The van der Waals surface area contributed by atoms with Crippen LogP contribution >= 0.6 is 0 Å². The van der Waals surface area contributed by atoms with Crippen LogP contribution in [0.25, 0.3) is 0 Å². The van der Waals surface area contributed by atoms with Crippen molar-refractivity contribution in [3.63, 3.8) is 0 Å². The second-order valence-electron chi connectivity index (χ2n) is 3.70. The summed E-state index contributed by atoms with van der Waals surface area (Å²) in [6, 6.07) is -0.808. The summed E-state index contributed by atoms with van der Waals surface area (Å²) in [7, 11) is 0. The van der Waals surface area contributed by atoms with Gasteiger partial charge in [-0.1, -0.05) is 12.1 Å². The molecule has 0 bridgehead atoms. The van der Waals surface area contributed by atoms with E-state index in [1.54, 1.807) is 6.92 Å². The van der Waals surface area contributed by atoms with Crippen LogP contribution in [0.2, 0.25) is 0 Å². The number of hydrogen-bond acceptors (Lipinski definition) is 5. The van der Waals surface area contributed by atoms with Gasteiger partial charge < -0.3 is 9.84 Å². The maximum Gasteiger partial charge on any atom is 0.355 e. The molecule has 0 aliphatic carbocycles. The van der Waals surface area contributed by atoms with Gasteiger partial charge in [-0.15, -0.1) is 5.10 Å². The smallest absolute Gasteiger partial charge is 0.355 e. The minimum atomic E-state index is -1.18. The van der Waals surface area contributed by atoms with Crippen LogP contribution in [-0.2, 0) is 9.53 Å². The predicted molar refractivity (Wildman–Crippen MR) is 57.5 cm³/mol. The van der Waals surface area contributed by atoms with E-state index >= 15 is 0 Å². The zero-order valence-electron chi connectivity index (χ0n) is 9.95. The summed E-state index contributed by atoms with van der Waals surface area (Å²) in [6.07, 6.45) is 1.58. The van der Waals surface area contributed by atoms with Gasteiger partial charge in [-0.3, -0.25) is 0 Å². The number of ether oxygens (including phenoxy) is 1. The molecular weight excluding hydrogens is 226 g/mol.